The third-order valence-corrected chi connectivity index (χ3v) is 4.66. The molecular weight excluding hydrogens is 440 g/mol. The standard InChI is InChI=1S/C18H14O4.C8H6O4/c1-11(19)21-17-8-7-15-9-13-5-3-4-6-14(13)10-16(15)18(17)22-12(2)20;9-7(10)5-2-1-3-6(4-5)8(11)12/h3-10H,1-2H3;1-4H,(H,9,10)(H,11,12). The number of carboxylic acids is 2. The summed E-state index contributed by atoms with van der Waals surface area (Å²) < 4.78 is 10.4. The lowest BCUT2D eigenvalue weighted by molar-refractivity contribution is -0.134. The predicted octanol–water partition coefficient (Wildman–Crippen LogP) is 4.93. The van der Waals surface area contributed by atoms with Gasteiger partial charge in [0.2, 0.25) is 0 Å². The van der Waals surface area contributed by atoms with E-state index in [1.165, 1.54) is 32.0 Å². The Balaban J connectivity index is 0.000000229. The number of carbonyl (C=O) groups excluding carboxylic acids is 2. The monoisotopic (exact) mass is 460 g/mol. The number of benzene rings is 4. The fourth-order valence-corrected chi connectivity index (χ4v) is 3.24. The summed E-state index contributed by atoms with van der Waals surface area (Å²) in [5.41, 5.74) is -0.0372. The smallest absolute Gasteiger partial charge is 0.335 e. The van der Waals surface area contributed by atoms with Gasteiger partial charge in [-0.05, 0) is 52.6 Å². The molecule has 0 aliphatic carbocycles. The Morgan fingerprint density at radius 1 is 0.618 bits per heavy atom. The number of ether oxygens (including phenoxy) is 2. The molecule has 0 radical (unpaired) electrons. The van der Waals surface area contributed by atoms with Crippen LogP contribution in [0.5, 0.6) is 11.5 Å². The van der Waals surface area contributed by atoms with Crippen molar-refractivity contribution < 1.29 is 38.9 Å². The first-order valence-electron chi connectivity index (χ1n) is 10.0. The van der Waals surface area contributed by atoms with Gasteiger partial charge in [-0.3, -0.25) is 9.59 Å². The molecule has 4 rings (SSSR count). The van der Waals surface area contributed by atoms with E-state index in [1.807, 2.05) is 42.5 Å². The summed E-state index contributed by atoms with van der Waals surface area (Å²) in [5, 5.41) is 20.7. The van der Waals surface area contributed by atoms with E-state index in [-0.39, 0.29) is 22.6 Å². The second-order valence-electron chi connectivity index (χ2n) is 7.19. The van der Waals surface area contributed by atoms with Crippen LogP contribution in [0.3, 0.4) is 0 Å². The number of rotatable bonds is 4. The van der Waals surface area contributed by atoms with Crippen LogP contribution in [0.2, 0.25) is 0 Å². The molecule has 0 bridgehead atoms. The van der Waals surface area contributed by atoms with Crippen LogP contribution in [0.4, 0.5) is 0 Å². The van der Waals surface area contributed by atoms with Crippen molar-refractivity contribution in [3.8, 4) is 11.5 Å². The summed E-state index contributed by atoms with van der Waals surface area (Å²) in [6.45, 7) is 2.62. The molecule has 0 heterocycles. The number of carboxylic acid groups (broad SMARTS) is 2. The minimum atomic E-state index is -1.13. The second kappa shape index (κ2) is 10.3. The Labute approximate surface area is 194 Å². The highest BCUT2D eigenvalue weighted by Crippen LogP contribution is 2.38. The Bertz CT molecular complexity index is 1390. The first-order chi connectivity index (χ1) is 16.2. The van der Waals surface area contributed by atoms with Gasteiger partial charge in [0.1, 0.15) is 0 Å². The second-order valence-corrected chi connectivity index (χ2v) is 7.19. The topological polar surface area (TPSA) is 127 Å². The molecule has 0 saturated carbocycles. The van der Waals surface area contributed by atoms with Crippen molar-refractivity contribution in [1.82, 2.24) is 0 Å². The SMILES string of the molecule is CC(=O)Oc1ccc2cc3ccccc3cc2c1OC(C)=O.O=C(O)c1cccc(C(=O)O)c1. The number of carbonyl (C=O) groups is 4. The zero-order chi connectivity index (χ0) is 24.8. The van der Waals surface area contributed by atoms with Crippen LogP contribution in [-0.2, 0) is 9.59 Å². The molecule has 8 nitrogen and oxygen atoms in total. The summed E-state index contributed by atoms with van der Waals surface area (Å²) in [6.07, 6.45) is 0. The molecule has 0 aromatic heterocycles. The Hall–Kier alpha value is -4.72. The first kappa shape index (κ1) is 23.9. The zero-order valence-electron chi connectivity index (χ0n) is 18.3. The van der Waals surface area contributed by atoms with E-state index in [9.17, 15) is 19.2 Å². The fourth-order valence-electron chi connectivity index (χ4n) is 3.24. The lowest BCUT2D eigenvalue weighted by Crippen LogP contribution is -2.07. The van der Waals surface area contributed by atoms with Crippen LogP contribution in [0, 0.1) is 0 Å². The lowest BCUT2D eigenvalue weighted by Gasteiger charge is -2.12. The molecule has 0 atom stereocenters. The zero-order valence-corrected chi connectivity index (χ0v) is 18.3. The quantitative estimate of drug-likeness (QED) is 0.249. The molecule has 0 saturated heterocycles. The van der Waals surface area contributed by atoms with E-state index in [1.54, 1.807) is 6.07 Å². The average Bonchev–Trinajstić information content (AvgIpc) is 2.79. The number of fused-ring (bicyclic) bond motifs is 2. The predicted molar refractivity (Wildman–Crippen MR) is 124 cm³/mol. The van der Waals surface area contributed by atoms with Crippen molar-refractivity contribution in [2.45, 2.75) is 13.8 Å². The van der Waals surface area contributed by atoms with E-state index in [0.29, 0.717) is 0 Å². The summed E-state index contributed by atoms with van der Waals surface area (Å²) in [5.74, 6) is -2.67. The number of esters is 2. The maximum atomic E-state index is 11.4. The van der Waals surface area contributed by atoms with Crippen molar-refractivity contribution in [2.75, 3.05) is 0 Å². The molecule has 4 aromatic carbocycles. The van der Waals surface area contributed by atoms with Crippen LogP contribution in [0.15, 0.2) is 72.8 Å². The maximum absolute atomic E-state index is 11.4. The van der Waals surface area contributed by atoms with Crippen LogP contribution >= 0.6 is 0 Å². The molecule has 172 valence electrons. The van der Waals surface area contributed by atoms with Gasteiger partial charge in [0.25, 0.3) is 0 Å². The molecule has 0 unspecified atom stereocenters. The van der Waals surface area contributed by atoms with Gasteiger partial charge in [0.05, 0.1) is 11.1 Å². The number of aromatic carboxylic acids is 2. The van der Waals surface area contributed by atoms with Gasteiger partial charge in [0.15, 0.2) is 11.5 Å². The number of hydrogen-bond acceptors (Lipinski definition) is 6. The van der Waals surface area contributed by atoms with Gasteiger partial charge in [-0.2, -0.15) is 0 Å². The minimum Gasteiger partial charge on any atom is -0.478 e. The molecule has 0 aliphatic rings. The first-order valence-corrected chi connectivity index (χ1v) is 10.0. The molecule has 34 heavy (non-hydrogen) atoms. The summed E-state index contributed by atoms with van der Waals surface area (Å²) in [7, 11) is 0. The van der Waals surface area contributed by atoms with Gasteiger partial charge in [-0.15, -0.1) is 0 Å². The molecule has 0 spiro atoms. The van der Waals surface area contributed by atoms with E-state index < -0.39 is 23.9 Å². The van der Waals surface area contributed by atoms with Gasteiger partial charge < -0.3 is 19.7 Å². The van der Waals surface area contributed by atoms with Crippen molar-refractivity contribution in [1.29, 1.82) is 0 Å². The Morgan fingerprint density at radius 2 is 1.18 bits per heavy atom. The third kappa shape index (κ3) is 5.74. The van der Waals surface area contributed by atoms with E-state index in [4.69, 9.17) is 19.7 Å². The summed E-state index contributed by atoms with van der Waals surface area (Å²) in [4.78, 5) is 43.4. The Morgan fingerprint density at radius 3 is 1.71 bits per heavy atom. The Kier molecular flexibility index (Phi) is 7.23. The maximum Gasteiger partial charge on any atom is 0.335 e. The summed E-state index contributed by atoms with van der Waals surface area (Å²) >= 11 is 0. The normalized spacial score (nSPS) is 10.2. The molecule has 0 amide bonds. The lowest BCUT2D eigenvalue weighted by atomic mass is 10.0. The molecular formula is C26H20O8. The molecule has 2 N–H and O–H groups in total. The van der Waals surface area contributed by atoms with E-state index in [0.717, 1.165) is 27.6 Å². The third-order valence-electron chi connectivity index (χ3n) is 4.66. The highest BCUT2D eigenvalue weighted by Gasteiger charge is 2.15. The van der Waals surface area contributed by atoms with Crippen molar-refractivity contribution in [2.24, 2.45) is 0 Å². The molecule has 4 aromatic rings. The molecule has 8 heteroatoms. The van der Waals surface area contributed by atoms with Gasteiger partial charge in [-0.1, -0.05) is 36.4 Å². The largest absolute Gasteiger partial charge is 0.478 e. The van der Waals surface area contributed by atoms with Gasteiger partial charge in [-0.25, -0.2) is 9.59 Å². The van der Waals surface area contributed by atoms with Crippen LogP contribution in [0.25, 0.3) is 21.5 Å². The molecule has 0 fully saturated rings. The van der Waals surface area contributed by atoms with E-state index in [2.05, 4.69) is 0 Å². The highest BCUT2D eigenvalue weighted by atomic mass is 16.6. The van der Waals surface area contributed by atoms with Crippen LogP contribution in [0.1, 0.15) is 34.6 Å². The number of hydrogen-bond donors (Lipinski definition) is 2. The van der Waals surface area contributed by atoms with Crippen molar-refractivity contribution >= 4 is 45.4 Å². The van der Waals surface area contributed by atoms with Crippen molar-refractivity contribution in [3.05, 3.63) is 83.9 Å². The average molecular weight is 460 g/mol. The highest BCUT2D eigenvalue weighted by molar-refractivity contribution is 6.03. The van der Waals surface area contributed by atoms with Crippen molar-refractivity contribution in [3.63, 3.8) is 0 Å². The summed E-state index contributed by atoms with van der Waals surface area (Å²) in [6, 6.07) is 20.5. The fraction of sp³-hybridized carbons (Fsp3) is 0.0769. The van der Waals surface area contributed by atoms with Crippen LogP contribution in [-0.4, -0.2) is 34.1 Å². The van der Waals surface area contributed by atoms with Gasteiger partial charge in [0, 0.05) is 19.2 Å². The molecule has 0 aliphatic heterocycles. The van der Waals surface area contributed by atoms with Gasteiger partial charge >= 0.3 is 23.9 Å². The minimum absolute atomic E-state index is 0.0186. The van der Waals surface area contributed by atoms with Crippen LogP contribution < -0.4 is 9.47 Å². The van der Waals surface area contributed by atoms with E-state index >= 15 is 0 Å².